The highest BCUT2D eigenvalue weighted by molar-refractivity contribution is 6.17. The molecule has 1 aromatic heterocycles. The SMILES string of the molecule is CC(C)(C)n1c(CCCl)nc2c(F)cc(F)cc21. The highest BCUT2D eigenvalue weighted by Gasteiger charge is 2.23. The van der Waals surface area contributed by atoms with Crippen molar-refractivity contribution in [2.75, 3.05) is 5.88 Å². The van der Waals surface area contributed by atoms with E-state index in [4.69, 9.17) is 11.6 Å². The Morgan fingerprint density at radius 3 is 2.50 bits per heavy atom. The quantitative estimate of drug-likeness (QED) is 0.759. The fraction of sp³-hybridized carbons (Fsp3) is 0.462. The van der Waals surface area contributed by atoms with Crippen molar-refractivity contribution in [3.05, 3.63) is 29.6 Å². The first kappa shape index (κ1) is 13.3. The van der Waals surface area contributed by atoms with Crippen LogP contribution in [0.4, 0.5) is 8.78 Å². The van der Waals surface area contributed by atoms with Gasteiger partial charge in [-0.15, -0.1) is 11.6 Å². The van der Waals surface area contributed by atoms with Crippen LogP contribution in [0.1, 0.15) is 26.6 Å². The summed E-state index contributed by atoms with van der Waals surface area (Å²) in [6.45, 7) is 5.90. The van der Waals surface area contributed by atoms with Gasteiger partial charge in [-0.25, -0.2) is 13.8 Å². The van der Waals surface area contributed by atoms with E-state index >= 15 is 0 Å². The third-order valence-electron chi connectivity index (χ3n) is 2.74. The Kier molecular flexibility index (Phi) is 3.32. The number of hydrogen-bond donors (Lipinski definition) is 0. The first-order chi connectivity index (χ1) is 8.34. The van der Waals surface area contributed by atoms with Crippen molar-refractivity contribution in [2.24, 2.45) is 0 Å². The van der Waals surface area contributed by atoms with E-state index in [0.717, 1.165) is 6.07 Å². The maximum absolute atomic E-state index is 13.7. The van der Waals surface area contributed by atoms with Crippen LogP contribution in [0.25, 0.3) is 11.0 Å². The second kappa shape index (κ2) is 4.50. The monoisotopic (exact) mass is 272 g/mol. The molecule has 2 aromatic rings. The van der Waals surface area contributed by atoms with Gasteiger partial charge in [-0.2, -0.15) is 0 Å². The zero-order chi connectivity index (χ0) is 13.5. The molecule has 2 nitrogen and oxygen atoms in total. The average Bonchev–Trinajstić information content (AvgIpc) is 2.56. The Bertz CT molecular complexity index is 585. The van der Waals surface area contributed by atoms with Crippen molar-refractivity contribution in [3.63, 3.8) is 0 Å². The molecular formula is C13H15ClF2N2. The van der Waals surface area contributed by atoms with Gasteiger partial charge in [0.15, 0.2) is 5.82 Å². The summed E-state index contributed by atoms with van der Waals surface area (Å²) in [5.41, 5.74) is 0.364. The summed E-state index contributed by atoms with van der Waals surface area (Å²) in [5.74, 6) is -0.160. The molecule has 0 amide bonds. The van der Waals surface area contributed by atoms with E-state index in [1.165, 1.54) is 6.07 Å². The lowest BCUT2D eigenvalue weighted by Crippen LogP contribution is -2.24. The van der Waals surface area contributed by atoms with E-state index in [1.807, 2.05) is 25.3 Å². The van der Waals surface area contributed by atoms with Gasteiger partial charge in [0.2, 0.25) is 0 Å². The summed E-state index contributed by atoms with van der Waals surface area (Å²) in [6, 6.07) is 2.17. The predicted molar refractivity (Wildman–Crippen MR) is 69.1 cm³/mol. The second-order valence-corrected chi connectivity index (χ2v) is 5.61. The second-order valence-electron chi connectivity index (χ2n) is 5.23. The van der Waals surface area contributed by atoms with Crippen molar-refractivity contribution in [1.29, 1.82) is 0 Å². The summed E-state index contributed by atoms with van der Waals surface area (Å²) in [5, 5.41) is 0. The molecule has 0 saturated heterocycles. The highest BCUT2D eigenvalue weighted by Crippen LogP contribution is 2.27. The van der Waals surface area contributed by atoms with Crippen LogP contribution in [0, 0.1) is 11.6 Å². The molecule has 0 aliphatic rings. The van der Waals surface area contributed by atoms with Crippen molar-refractivity contribution in [2.45, 2.75) is 32.7 Å². The van der Waals surface area contributed by atoms with Gasteiger partial charge >= 0.3 is 0 Å². The van der Waals surface area contributed by atoms with Crippen molar-refractivity contribution in [3.8, 4) is 0 Å². The van der Waals surface area contributed by atoms with Crippen LogP contribution in [0.15, 0.2) is 12.1 Å². The average molecular weight is 273 g/mol. The fourth-order valence-electron chi connectivity index (χ4n) is 2.15. The van der Waals surface area contributed by atoms with Crippen LogP contribution in [0.5, 0.6) is 0 Å². The Morgan fingerprint density at radius 1 is 1.28 bits per heavy atom. The maximum atomic E-state index is 13.7. The normalized spacial score (nSPS) is 12.3. The summed E-state index contributed by atoms with van der Waals surface area (Å²) >= 11 is 5.74. The zero-order valence-electron chi connectivity index (χ0n) is 10.6. The van der Waals surface area contributed by atoms with Crippen LogP contribution in [0.3, 0.4) is 0 Å². The van der Waals surface area contributed by atoms with Gasteiger partial charge in [-0.1, -0.05) is 0 Å². The molecule has 1 heterocycles. The largest absolute Gasteiger partial charge is 0.322 e. The van der Waals surface area contributed by atoms with E-state index in [2.05, 4.69) is 4.98 Å². The number of hydrogen-bond acceptors (Lipinski definition) is 1. The number of rotatable bonds is 2. The molecule has 2 rings (SSSR count). The number of aromatic nitrogens is 2. The van der Waals surface area contributed by atoms with Gasteiger partial charge in [0.05, 0.1) is 5.52 Å². The van der Waals surface area contributed by atoms with E-state index in [0.29, 0.717) is 23.6 Å². The molecule has 0 radical (unpaired) electrons. The molecule has 0 aliphatic heterocycles. The van der Waals surface area contributed by atoms with E-state index < -0.39 is 11.6 Å². The smallest absolute Gasteiger partial charge is 0.153 e. The molecule has 1 aromatic carbocycles. The summed E-state index contributed by atoms with van der Waals surface area (Å²) in [4.78, 5) is 4.25. The van der Waals surface area contributed by atoms with Gasteiger partial charge in [0, 0.05) is 23.9 Å². The molecular weight excluding hydrogens is 258 g/mol. The molecule has 0 bridgehead atoms. The summed E-state index contributed by atoms with van der Waals surface area (Å²) in [6.07, 6.45) is 0.522. The molecule has 18 heavy (non-hydrogen) atoms. The van der Waals surface area contributed by atoms with E-state index in [1.54, 1.807) is 0 Å². The number of imidazole rings is 1. The number of nitrogens with zero attached hydrogens (tertiary/aromatic N) is 2. The Labute approximate surface area is 110 Å². The number of aryl methyl sites for hydroxylation is 1. The van der Waals surface area contributed by atoms with Crippen LogP contribution < -0.4 is 0 Å². The molecule has 5 heteroatoms. The van der Waals surface area contributed by atoms with Gasteiger partial charge in [-0.3, -0.25) is 0 Å². The third-order valence-corrected chi connectivity index (χ3v) is 2.93. The maximum Gasteiger partial charge on any atom is 0.153 e. The molecule has 0 fully saturated rings. The minimum atomic E-state index is -0.635. The first-order valence-corrected chi connectivity index (χ1v) is 6.31. The number of benzene rings is 1. The van der Waals surface area contributed by atoms with Crippen molar-refractivity contribution < 1.29 is 8.78 Å². The Morgan fingerprint density at radius 2 is 1.94 bits per heavy atom. The molecule has 0 unspecified atom stereocenters. The lowest BCUT2D eigenvalue weighted by Gasteiger charge is -2.24. The molecule has 98 valence electrons. The topological polar surface area (TPSA) is 17.8 Å². The van der Waals surface area contributed by atoms with Crippen molar-refractivity contribution in [1.82, 2.24) is 9.55 Å². The van der Waals surface area contributed by atoms with Gasteiger partial charge in [0.25, 0.3) is 0 Å². The number of halogens is 3. The Hall–Kier alpha value is -1.16. The number of fused-ring (bicyclic) bond motifs is 1. The molecule has 0 N–H and O–H groups in total. The molecule has 0 aliphatic carbocycles. The zero-order valence-corrected chi connectivity index (χ0v) is 11.4. The lowest BCUT2D eigenvalue weighted by molar-refractivity contribution is 0.395. The lowest BCUT2D eigenvalue weighted by atomic mass is 10.1. The minimum absolute atomic E-state index is 0.200. The van der Waals surface area contributed by atoms with Crippen LogP contribution in [-0.2, 0) is 12.0 Å². The minimum Gasteiger partial charge on any atom is -0.322 e. The predicted octanol–water partition coefficient (Wildman–Crippen LogP) is 3.85. The van der Waals surface area contributed by atoms with Gasteiger partial charge in [-0.05, 0) is 26.8 Å². The van der Waals surface area contributed by atoms with E-state index in [9.17, 15) is 8.78 Å². The van der Waals surface area contributed by atoms with Gasteiger partial charge < -0.3 is 4.57 Å². The van der Waals surface area contributed by atoms with Crippen molar-refractivity contribution >= 4 is 22.6 Å². The molecule has 0 saturated carbocycles. The highest BCUT2D eigenvalue weighted by atomic mass is 35.5. The summed E-state index contributed by atoms with van der Waals surface area (Å²) in [7, 11) is 0. The Balaban J connectivity index is 2.81. The van der Waals surface area contributed by atoms with Crippen LogP contribution >= 0.6 is 11.6 Å². The molecule has 0 spiro atoms. The van der Waals surface area contributed by atoms with Crippen LogP contribution in [-0.4, -0.2) is 15.4 Å². The number of alkyl halides is 1. The van der Waals surface area contributed by atoms with E-state index in [-0.39, 0.29) is 11.1 Å². The summed E-state index contributed by atoms with van der Waals surface area (Å²) < 4.78 is 28.9. The molecule has 0 atom stereocenters. The fourth-order valence-corrected chi connectivity index (χ4v) is 2.32. The standard InChI is InChI=1S/C13H15ClF2N2/c1-13(2,3)18-10-7-8(15)6-9(16)12(10)17-11(18)4-5-14/h6-7H,4-5H2,1-3H3. The third kappa shape index (κ3) is 2.21. The van der Waals surface area contributed by atoms with Crippen LogP contribution in [0.2, 0.25) is 0 Å². The first-order valence-electron chi connectivity index (χ1n) is 5.77. The van der Waals surface area contributed by atoms with Gasteiger partial charge in [0.1, 0.15) is 17.2 Å².